The van der Waals surface area contributed by atoms with Crippen molar-refractivity contribution in [3.63, 3.8) is 0 Å². The number of Topliss-reactive ketones (excluding diaryl/α,β-unsaturated/α-hetero) is 1. The van der Waals surface area contributed by atoms with E-state index in [1.54, 1.807) is 22.6 Å². The van der Waals surface area contributed by atoms with Crippen LogP contribution in [0.2, 0.25) is 0 Å². The Morgan fingerprint density at radius 3 is 2.33 bits per heavy atom. The highest BCUT2D eigenvalue weighted by molar-refractivity contribution is 14.1. The predicted octanol–water partition coefficient (Wildman–Crippen LogP) is 3.22. The Balaban J connectivity index is 3.49. The molecule has 1 aromatic rings. The van der Waals surface area contributed by atoms with E-state index in [0.29, 0.717) is 6.07 Å². The number of hydrogen-bond donors (Lipinski definition) is 1. The van der Waals surface area contributed by atoms with Crippen molar-refractivity contribution in [2.24, 2.45) is 0 Å². The van der Waals surface area contributed by atoms with Crippen molar-refractivity contribution in [3.8, 4) is 5.75 Å². The molecule has 0 heterocycles. The van der Waals surface area contributed by atoms with E-state index in [9.17, 15) is 18.0 Å². The van der Waals surface area contributed by atoms with Crippen LogP contribution in [0.1, 0.15) is 22.8 Å². The molecule has 1 rings (SSSR count). The van der Waals surface area contributed by atoms with Gasteiger partial charge in [-0.25, -0.2) is 0 Å². The van der Waals surface area contributed by atoms with Crippen LogP contribution in [-0.4, -0.2) is 10.9 Å². The summed E-state index contributed by atoms with van der Waals surface area (Å²) in [5, 5.41) is 9.15. The predicted molar refractivity (Wildman–Crippen MR) is 55.8 cm³/mol. The van der Waals surface area contributed by atoms with Gasteiger partial charge in [0.15, 0.2) is 5.78 Å². The molecule has 1 N–H and O–H groups in total. The first-order valence-corrected chi connectivity index (χ1v) is 4.92. The van der Waals surface area contributed by atoms with Crippen molar-refractivity contribution >= 4 is 28.4 Å². The van der Waals surface area contributed by atoms with Crippen LogP contribution in [0, 0.1) is 3.57 Å². The minimum Gasteiger partial charge on any atom is -0.507 e. The Morgan fingerprint density at radius 2 is 1.93 bits per heavy atom. The molecule has 15 heavy (non-hydrogen) atoms. The molecule has 0 amide bonds. The van der Waals surface area contributed by atoms with Gasteiger partial charge in [0, 0.05) is 5.56 Å². The van der Waals surface area contributed by atoms with Gasteiger partial charge < -0.3 is 5.11 Å². The molecular weight excluding hydrogens is 324 g/mol. The van der Waals surface area contributed by atoms with Crippen LogP contribution in [-0.2, 0) is 6.18 Å². The van der Waals surface area contributed by atoms with Gasteiger partial charge in [0.1, 0.15) is 5.75 Å². The Hall–Kier alpha value is -0.790. The highest BCUT2D eigenvalue weighted by Gasteiger charge is 2.35. The Bertz CT molecular complexity index is 413. The Morgan fingerprint density at radius 1 is 1.40 bits per heavy atom. The van der Waals surface area contributed by atoms with E-state index in [4.69, 9.17) is 5.11 Å². The molecule has 0 atom stereocenters. The fourth-order valence-electron chi connectivity index (χ4n) is 1.09. The van der Waals surface area contributed by atoms with Crippen molar-refractivity contribution in [2.45, 2.75) is 13.1 Å². The second kappa shape index (κ2) is 3.99. The number of ketones is 1. The van der Waals surface area contributed by atoms with Gasteiger partial charge in [0.2, 0.25) is 0 Å². The molecule has 0 unspecified atom stereocenters. The molecule has 0 saturated carbocycles. The molecule has 0 aliphatic rings. The number of hydrogen-bond acceptors (Lipinski definition) is 2. The number of benzene rings is 1. The Kier molecular flexibility index (Phi) is 3.27. The minimum absolute atomic E-state index is 0.214. The van der Waals surface area contributed by atoms with Crippen molar-refractivity contribution in [2.75, 3.05) is 0 Å². The number of phenolic OH excluding ortho intramolecular Hbond substituents is 1. The number of aromatic hydroxyl groups is 1. The average molecular weight is 330 g/mol. The molecule has 2 nitrogen and oxygen atoms in total. The standard InChI is InChI=1S/C9H6F3IO2/c1-4(14)5-2-7(13)8(15)3-6(5)9(10,11)12/h2-3,15H,1H3. The lowest BCUT2D eigenvalue weighted by Crippen LogP contribution is -2.12. The summed E-state index contributed by atoms with van der Waals surface area (Å²) in [4.78, 5) is 11.0. The molecule has 0 aromatic heterocycles. The topological polar surface area (TPSA) is 37.3 Å². The maximum Gasteiger partial charge on any atom is 0.417 e. The van der Waals surface area contributed by atoms with E-state index in [0.717, 1.165) is 13.0 Å². The van der Waals surface area contributed by atoms with Crippen LogP contribution in [0.5, 0.6) is 5.75 Å². The van der Waals surface area contributed by atoms with Gasteiger partial charge in [-0.3, -0.25) is 4.79 Å². The lowest BCUT2D eigenvalue weighted by molar-refractivity contribution is -0.138. The monoisotopic (exact) mass is 330 g/mol. The summed E-state index contributed by atoms with van der Waals surface area (Å²) in [6.07, 6.45) is -4.64. The van der Waals surface area contributed by atoms with Crippen LogP contribution >= 0.6 is 22.6 Å². The Labute approximate surface area is 97.2 Å². The van der Waals surface area contributed by atoms with Crippen molar-refractivity contribution in [3.05, 3.63) is 26.8 Å². The third-order valence-corrected chi connectivity index (χ3v) is 2.64. The third-order valence-electron chi connectivity index (χ3n) is 1.77. The number of carbonyl (C=O) groups excluding carboxylic acids is 1. The van der Waals surface area contributed by atoms with Gasteiger partial charge in [0.05, 0.1) is 9.13 Å². The summed E-state index contributed by atoms with van der Waals surface area (Å²) in [5.74, 6) is -1.16. The van der Waals surface area contributed by atoms with E-state index in [1.165, 1.54) is 0 Å². The van der Waals surface area contributed by atoms with Crippen LogP contribution < -0.4 is 0 Å². The summed E-state index contributed by atoms with van der Waals surface area (Å²) in [6.45, 7) is 1.05. The molecule has 0 spiro atoms. The smallest absolute Gasteiger partial charge is 0.417 e. The number of rotatable bonds is 1. The van der Waals surface area contributed by atoms with Crippen molar-refractivity contribution in [1.82, 2.24) is 0 Å². The van der Waals surface area contributed by atoms with Crippen molar-refractivity contribution in [1.29, 1.82) is 0 Å². The summed E-state index contributed by atoms with van der Waals surface area (Å²) in [5.41, 5.74) is -1.53. The fraction of sp³-hybridized carbons (Fsp3) is 0.222. The number of phenols is 1. The average Bonchev–Trinajstić information content (AvgIpc) is 2.06. The zero-order valence-electron chi connectivity index (χ0n) is 7.52. The summed E-state index contributed by atoms with van der Waals surface area (Å²) in [7, 11) is 0. The van der Waals surface area contributed by atoms with E-state index in [-0.39, 0.29) is 3.57 Å². The maximum atomic E-state index is 12.5. The highest BCUT2D eigenvalue weighted by atomic mass is 127. The summed E-state index contributed by atoms with van der Waals surface area (Å²) in [6, 6.07) is 1.60. The molecular formula is C9H6F3IO2. The van der Waals surface area contributed by atoms with Crippen molar-refractivity contribution < 1.29 is 23.1 Å². The first-order chi connectivity index (χ1) is 6.73. The van der Waals surface area contributed by atoms with E-state index < -0.39 is 28.8 Å². The lowest BCUT2D eigenvalue weighted by Gasteiger charge is -2.12. The van der Waals surface area contributed by atoms with E-state index in [2.05, 4.69) is 0 Å². The number of carbonyl (C=O) groups is 1. The van der Waals surface area contributed by atoms with E-state index in [1.807, 2.05) is 0 Å². The number of alkyl halides is 3. The third kappa shape index (κ3) is 2.61. The molecule has 0 fully saturated rings. The molecule has 0 aliphatic carbocycles. The second-order valence-corrected chi connectivity index (χ2v) is 4.07. The summed E-state index contributed by atoms with van der Waals surface area (Å²) >= 11 is 1.66. The first kappa shape index (κ1) is 12.3. The first-order valence-electron chi connectivity index (χ1n) is 3.84. The SMILES string of the molecule is CC(=O)c1cc(I)c(O)cc1C(F)(F)F. The molecule has 0 saturated heterocycles. The van der Waals surface area contributed by atoms with Gasteiger partial charge in [-0.15, -0.1) is 0 Å². The normalized spacial score (nSPS) is 11.5. The molecule has 0 aliphatic heterocycles. The zero-order valence-corrected chi connectivity index (χ0v) is 9.68. The maximum absolute atomic E-state index is 12.5. The van der Waals surface area contributed by atoms with Crippen LogP contribution in [0.4, 0.5) is 13.2 Å². The van der Waals surface area contributed by atoms with Gasteiger partial charge in [-0.2, -0.15) is 13.2 Å². The van der Waals surface area contributed by atoms with Crippen LogP contribution in [0.25, 0.3) is 0 Å². The van der Waals surface area contributed by atoms with Gasteiger partial charge in [-0.1, -0.05) is 0 Å². The fourth-order valence-corrected chi connectivity index (χ4v) is 1.55. The lowest BCUT2D eigenvalue weighted by atomic mass is 10.0. The van der Waals surface area contributed by atoms with E-state index >= 15 is 0 Å². The zero-order chi connectivity index (χ0) is 11.8. The quantitative estimate of drug-likeness (QED) is 0.634. The van der Waals surface area contributed by atoms with Crippen LogP contribution in [0.15, 0.2) is 12.1 Å². The van der Waals surface area contributed by atoms with Gasteiger partial charge in [-0.05, 0) is 41.6 Å². The van der Waals surface area contributed by atoms with Gasteiger partial charge in [0.25, 0.3) is 0 Å². The van der Waals surface area contributed by atoms with Crippen LogP contribution in [0.3, 0.4) is 0 Å². The molecule has 6 heteroatoms. The molecule has 0 bridgehead atoms. The largest absolute Gasteiger partial charge is 0.507 e. The second-order valence-electron chi connectivity index (χ2n) is 2.90. The summed E-state index contributed by atoms with van der Waals surface area (Å²) < 4.78 is 37.6. The van der Waals surface area contributed by atoms with Gasteiger partial charge >= 0.3 is 6.18 Å². The molecule has 1 aromatic carbocycles. The molecule has 0 radical (unpaired) electrons. The number of halogens is 4. The highest BCUT2D eigenvalue weighted by Crippen LogP contribution is 2.36. The minimum atomic E-state index is -4.64. The molecule has 82 valence electrons.